The third-order valence-electron chi connectivity index (χ3n) is 3.16. The summed E-state index contributed by atoms with van der Waals surface area (Å²) in [6.45, 7) is 0.185. The second-order valence-electron chi connectivity index (χ2n) is 4.92. The van der Waals surface area contributed by atoms with Crippen molar-refractivity contribution in [1.82, 2.24) is 0 Å². The first-order chi connectivity index (χ1) is 10.1. The number of hydrogen-bond acceptors (Lipinski definition) is 5. The Hall–Kier alpha value is -1.04. The van der Waals surface area contributed by atoms with Gasteiger partial charge in [-0.05, 0) is 31.9 Å². The van der Waals surface area contributed by atoms with Gasteiger partial charge in [-0.2, -0.15) is 0 Å². The van der Waals surface area contributed by atoms with Gasteiger partial charge in [0.15, 0.2) is 0 Å². The van der Waals surface area contributed by atoms with Crippen molar-refractivity contribution in [3.05, 3.63) is 31.2 Å². The molecule has 22 heavy (non-hydrogen) atoms. The Labute approximate surface area is 143 Å². The number of halogens is 2. The SMILES string of the molecule is NS(=O)(=O)CC1CC(=O)N(c2c(Br)cc([N+](=O)[O-])cc2Br)C1. The van der Waals surface area contributed by atoms with Gasteiger partial charge in [0.1, 0.15) is 0 Å². The molecule has 1 amide bonds. The predicted molar refractivity (Wildman–Crippen MR) is 86.9 cm³/mol. The highest BCUT2D eigenvalue weighted by Gasteiger charge is 2.35. The van der Waals surface area contributed by atoms with Crippen LogP contribution in [0.1, 0.15) is 6.42 Å². The van der Waals surface area contributed by atoms with Gasteiger partial charge in [0, 0.05) is 40.0 Å². The Morgan fingerprint density at radius 3 is 2.36 bits per heavy atom. The van der Waals surface area contributed by atoms with Crippen molar-refractivity contribution in [1.29, 1.82) is 0 Å². The average Bonchev–Trinajstić information content (AvgIpc) is 2.66. The highest BCUT2D eigenvalue weighted by Crippen LogP contribution is 2.40. The molecule has 1 unspecified atom stereocenters. The Bertz CT molecular complexity index is 729. The van der Waals surface area contributed by atoms with Crippen molar-refractivity contribution in [2.75, 3.05) is 17.2 Å². The van der Waals surface area contributed by atoms with Crippen LogP contribution in [0, 0.1) is 16.0 Å². The van der Waals surface area contributed by atoms with Gasteiger partial charge in [0.2, 0.25) is 15.9 Å². The number of nitrogens with two attached hydrogens (primary N) is 1. The molecule has 1 aliphatic rings. The highest BCUT2D eigenvalue weighted by atomic mass is 79.9. The van der Waals surface area contributed by atoms with Crippen LogP contribution in [0.3, 0.4) is 0 Å². The number of primary sulfonamides is 1. The van der Waals surface area contributed by atoms with Crippen molar-refractivity contribution in [2.24, 2.45) is 11.1 Å². The van der Waals surface area contributed by atoms with Crippen LogP contribution in [-0.2, 0) is 14.8 Å². The molecule has 8 nitrogen and oxygen atoms in total. The van der Waals surface area contributed by atoms with Crippen LogP contribution in [0.5, 0.6) is 0 Å². The highest BCUT2D eigenvalue weighted by molar-refractivity contribution is 9.11. The zero-order valence-corrected chi connectivity index (χ0v) is 15.0. The molecule has 1 saturated heterocycles. The quantitative estimate of drug-likeness (QED) is 0.546. The van der Waals surface area contributed by atoms with Crippen LogP contribution in [-0.4, -0.2) is 31.5 Å². The van der Waals surface area contributed by atoms with E-state index in [-0.39, 0.29) is 30.3 Å². The summed E-state index contributed by atoms with van der Waals surface area (Å²) in [5.74, 6) is -0.947. The molecule has 1 aromatic rings. The number of rotatable bonds is 4. The monoisotopic (exact) mass is 455 g/mol. The topological polar surface area (TPSA) is 124 Å². The molecule has 11 heteroatoms. The zero-order chi connectivity index (χ0) is 16.7. The first-order valence-corrected chi connectivity index (χ1v) is 9.33. The maximum absolute atomic E-state index is 12.1. The molecular formula is C11H11Br2N3O5S. The van der Waals surface area contributed by atoms with Crippen molar-refractivity contribution in [3.8, 4) is 0 Å². The minimum atomic E-state index is -3.67. The van der Waals surface area contributed by atoms with E-state index < -0.39 is 20.9 Å². The summed E-state index contributed by atoms with van der Waals surface area (Å²) in [7, 11) is -3.67. The Kier molecular flexibility index (Phi) is 4.90. The maximum atomic E-state index is 12.1. The standard InChI is InChI=1S/C11H11Br2N3O5S/c12-8-2-7(16(18)19)3-9(13)11(8)15-4-6(1-10(15)17)5-22(14,20)21/h2-3,6H,1,4-5H2,(H2,14,20,21). The van der Waals surface area contributed by atoms with Gasteiger partial charge >= 0.3 is 0 Å². The lowest BCUT2D eigenvalue weighted by Crippen LogP contribution is -2.28. The molecule has 1 fully saturated rings. The zero-order valence-electron chi connectivity index (χ0n) is 11.0. The number of nitro benzene ring substituents is 1. The number of sulfonamides is 1. The molecule has 1 aromatic carbocycles. The summed E-state index contributed by atoms with van der Waals surface area (Å²) in [5.41, 5.74) is 0.308. The number of amides is 1. The van der Waals surface area contributed by atoms with E-state index in [2.05, 4.69) is 31.9 Å². The van der Waals surface area contributed by atoms with E-state index in [1.54, 1.807) is 0 Å². The fraction of sp³-hybridized carbons (Fsp3) is 0.364. The summed E-state index contributed by atoms with van der Waals surface area (Å²) in [4.78, 5) is 23.8. The van der Waals surface area contributed by atoms with Gasteiger partial charge in [-0.1, -0.05) is 0 Å². The van der Waals surface area contributed by atoms with Crippen molar-refractivity contribution in [3.63, 3.8) is 0 Å². The summed E-state index contributed by atoms with van der Waals surface area (Å²) < 4.78 is 23.0. The van der Waals surface area contributed by atoms with Gasteiger partial charge in [-0.25, -0.2) is 13.6 Å². The molecule has 2 rings (SSSR count). The number of benzene rings is 1. The van der Waals surface area contributed by atoms with Gasteiger partial charge < -0.3 is 4.90 Å². The number of nitro groups is 1. The molecule has 1 heterocycles. The molecule has 0 bridgehead atoms. The molecule has 0 aromatic heterocycles. The lowest BCUT2D eigenvalue weighted by molar-refractivity contribution is -0.385. The smallest absolute Gasteiger partial charge is 0.271 e. The summed E-state index contributed by atoms with van der Waals surface area (Å²) >= 11 is 6.43. The lowest BCUT2D eigenvalue weighted by atomic mass is 10.1. The molecule has 1 atom stereocenters. The normalized spacial score (nSPS) is 18.8. The second kappa shape index (κ2) is 6.22. The van der Waals surface area contributed by atoms with E-state index in [4.69, 9.17) is 5.14 Å². The molecule has 0 aliphatic carbocycles. The Balaban J connectivity index is 2.33. The third kappa shape index (κ3) is 3.83. The fourth-order valence-corrected chi connectivity index (χ4v) is 4.82. The second-order valence-corrected chi connectivity index (χ2v) is 8.29. The lowest BCUT2D eigenvalue weighted by Gasteiger charge is -2.20. The maximum Gasteiger partial charge on any atom is 0.271 e. The Morgan fingerprint density at radius 2 is 1.91 bits per heavy atom. The predicted octanol–water partition coefficient (Wildman–Crippen LogP) is 1.76. The van der Waals surface area contributed by atoms with Crippen LogP contribution in [0.25, 0.3) is 0 Å². The minimum absolute atomic E-state index is 0.0618. The van der Waals surface area contributed by atoms with E-state index in [0.29, 0.717) is 14.6 Å². The molecule has 1 aliphatic heterocycles. The number of non-ortho nitro benzene ring substituents is 1. The summed E-state index contributed by atoms with van der Waals surface area (Å²) in [6.07, 6.45) is 0.0618. The molecular weight excluding hydrogens is 446 g/mol. The molecule has 2 N–H and O–H groups in total. The minimum Gasteiger partial charge on any atom is -0.310 e. The largest absolute Gasteiger partial charge is 0.310 e. The molecule has 0 spiro atoms. The third-order valence-corrected chi connectivity index (χ3v) is 5.30. The van der Waals surface area contributed by atoms with Gasteiger partial charge in [0.05, 0.1) is 16.4 Å². The average molecular weight is 457 g/mol. The molecule has 0 radical (unpaired) electrons. The van der Waals surface area contributed by atoms with Crippen LogP contribution < -0.4 is 10.0 Å². The van der Waals surface area contributed by atoms with E-state index in [1.165, 1.54) is 17.0 Å². The van der Waals surface area contributed by atoms with Crippen LogP contribution in [0.15, 0.2) is 21.1 Å². The number of hydrogen-bond donors (Lipinski definition) is 1. The van der Waals surface area contributed by atoms with E-state index in [1.807, 2.05) is 0 Å². The molecule has 0 saturated carbocycles. The van der Waals surface area contributed by atoms with Gasteiger partial charge in [-0.15, -0.1) is 0 Å². The number of carbonyl (C=O) groups excluding carboxylic acids is 1. The van der Waals surface area contributed by atoms with E-state index in [0.717, 1.165) is 0 Å². The van der Waals surface area contributed by atoms with Crippen LogP contribution in [0.4, 0.5) is 11.4 Å². The number of carbonyl (C=O) groups is 1. The van der Waals surface area contributed by atoms with Crippen molar-refractivity contribution in [2.45, 2.75) is 6.42 Å². The van der Waals surface area contributed by atoms with Gasteiger partial charge in [-0.3, -0.25) is 14.9 Å². The Morgan fingerprint density at radius 1 is 1.36 bits per heavy atom. The molecule has 120 valence electrons. The van der Waals surface area contributed by atoms with Crippen LogP contribution in [0.2, 0.25) is 0 Å². The van der Waals surface area contributed by atoms with Gasteiger partial charge in [0.25, 0.3) is 5.69 Å². The number of nitrogens with zero attached hydrogens (tertiary/aromatic N) is 2. The van der Waals surface area contributed by atoms with E-state index >= 15 is 0 Å². The number of anilines is 1. The van der Waals surface area contributed by atoms with Crippen molar-refractivity contribution >= 4 is 59.2 Å². The fourth-order valence-electron chi connectivity index (χ4n) is 2.35. The first-order valence-electron chi connectivity index (χ1n) is 6.02. The van der Waals surface area contributed by atoms with Crippen LogP contribution >= 0.6 is 31.9 Å². The van der Waals surface area contributed by atoms with Crippen molar-refractivity contribution < 1.29 is 18.1 Å². The first kappa shape index (κ1) is 17.3. The summed E-state index contributed by atoms with van der Waals surface area (Å²) in [6, 6.07) is 2.58. The summed E-state index contributed by atoms with van der Waals surface area (Å²) in [5, 5.41) is 15.8. The van der Waals surface area contributed by atoms with E-state index in [9.17, 15) is 23.3 Å².